The average molecular weight is 391 g/mol. The summed E-state index contributed by atoms with van der Waals surface area (Å²) < 4.78 is 15.9. The van der Waals surface area contributed by atoms with E-state index in [1.807, 2.05) is 55.5 Å². The first kappa shape index (κ1) is 18.8. The van der Waals surface area contributed by atoms with Crippen molar-refractivity contribution in [2.75, 3.05) is 19.9 Å². The highest BCUT2D eigenvalue weighted by molar-refractivity contribution is 5.96. The van der Waals surface area contributed by atoms with Crippen molar-refractivity contribution in [3.8, 4) is 11.5 Å². The number of likely N-dealkylation sites (N-methyl/N-ethyl adjacent to an activating group) is 1. The van der Waals surface area contributed by atoms with Crippen molar-refractivity contribution in [2.24, 2.45) is 0 Å². The van der Waals surface area contributed by atoms with Crippen molar-refractivity contribution in [1.82, 2.24) is 4.90 Å². The molecule has 0 radical (unpaired) electrons. The van der Waals surface area contributed by atoms with Crippen LogP contribution in [-0.4, -0.2) is 36.7 Å². The fourth-order valence-electron chi connectivity index (χ4n) is 3.25. The van der Waals surface area contributed by atoms with E-state index in [-0.39, 0.29) is 19.3 Å². The van der Waals surface area contributed by atoms with E-state index >= 15 is 0 Å². The lowest BCUT2D eigenvalue weighted by Crippen LogP contribution is -2.34. The van der Waals surface area contributed by atoms with Gasteiger partial charge in [-0.15, -0.1) is 0 Å². The largest absolute Gasteiger partial charge is 0.454 e. The first-order chi connectivity index (χ1) is 14.1. The second-order valence-electron chi connectivity index (χ2n) is 6.73. The number of amides is 1. The van der Waals surface area contributed by atoms with Gasteiger partial charge in [-0.2, -0.15) is 0 Å². The Morgan fingerprint density at radius 1 is 0.966 bits per heavy atom. The molecule has 1 aliphatic rings. The van der Waals surface area contributed by atoms with Gasteiger partial charge < -0.3 is 19.1 Å². The summed E-state index contributed by atoms with van der Waals surface area (Å²) in [6.45, 7) is 2.69. The molecule has 0 atom stereocenters. The number of rotatable bonds is 6. The molecule has 6 nitrogen and oxygen atoms in total. The average Bonchev–Trinajstić information content (AvgIpc) is 3.23. The van der Waals surface area contributed by atoms with Crippen LogP contribution in [0.4, 0.5) is 0 Å². The lowest BCUT2D eigenvalue weighted by atomic mass is 10.1. The number of nitrogens with zero attached hydrogens (tertiary/aromatic N) is 1. The van der Waals surface area contributed by atoms with Crippen LogP contribution in [0.3, 0.4) is 0 Å². The van der Waals surface area contributed by atoms with Gasteiger partial charge in [-0.05, 0) is 47.5 Å². The summed E-state index contributed by atoms with van der Waals surface area (Å²) in [6.07, 6.45) is 0. The second-order valence-corrected chi connectivity index (χ2v) is 6.73. The highest BCUT2D eigenvalue weighted by atomic mass is 16.7. The minimum atomic E-state index is -0.511. The molecule has 0 spiro atoms. The molecule has 0 aliphatic carbocycles. The first-order valence-electron chi connectivity index (χ1n) is 9.46. The molecule has 29 heavy (non-hydrogen) atoms. The quantitative estimate of drug-likeness (QED) is 0.599. The molecule has 0 saturated carbocycles. The highest BCUT2D eigenvalue weighted by Crippen LogP contribution is 2.32. The van der Waals surface area contributed by atoms with Crippen LogP contribution in [0.25, 0.3) is 10.8 Å². The molecular formula is C23H21NO5. The van der Waals surface area contributed by atoms with E-state index in [4.69, 9.17) is 14.2 Å². The van der Waals surface area contributed by atoms with E-state index in [2.05, 4.69) is 0 Å². The number of esters is 1. The number of ether oxygens (including phenoxy) is 3. The molecule has 0 fully saturated rings. The van der Waals surface area contributed by atoms with Gasteiger partial charge in [-0.25, -0.2) is 4.79 Å². The standard InChI is InChI=1S/C23H21NO5/c1-2-24(13-16-7-10-20-21(11-16)29-15-28-20)22(25)14-27-23(26)19-9-8-17-5-3-4-6-18(17)12-19/h3-12H,2,13-15H2,1H3. The van der Waals surface area contributed by atoms with Crippen LogP contribution < -0.4 is 9.47 Å². The van der Waals surface area contributed by atoms with Crippen LogP contribution in [0.15, 0.2) is 60.7 Å². The lowest BCUT2D eigenvalue weighted by molar-refractivity contribution is -0.134. The molecule has 4 rings (SSSR count). The summed E-state index contributed by atoms with van der Waals surface area (Å²) in [4.78, 5) is 26.6. The van der Waals surface area contributed by atoms with Crippen molar-refractivity contribution < 1.29 is 23.8 Å². The van der Waals surface area contributed by atoms with E-state index in [1.54, 1.807) is 17.0 Å². The molecule has 0 N–H and O–H groups in total. The maximum atomic E-state index is 12.6. The fourth-order valence-corrected chi connectivity index (χ4v) is 3.25. The van der Waals surface area contributed by atoms with Crippen LogP contribution >= 0.6 is 0 Å². The zero-order valence-electron chi connectivity index (χ0n) is 16.1. The van der Waals surface area contributed by atoms with Crippen molar-refractivity contribution in [3.05, 3.63) is 71.8 Å². The van der Waals surface area contributed by atoms with Gasteiger partial charge in [0.15, 0.2) is 18.1 Å². The number of hydrogen-bond acceptors (Lipinski definition) is 5. The smallest absolute Gasteiger partial charge is 0.338 e. The van der Waals surface area contributed by atoms with E-state index in [9.17, 15) is 9.59 Å². The van der Waals surface area contributed by atoms with Crippen LogP contribution in [0, 0.1) is 0 Å². The van der Waals surface area contributed by atoms with E-state index in [0.29, 0.717) is 30.2 Å². The molecule has 0 unspecified atom stereocenters. The Morgan fingerprint density at radius 3 is 2.59 bits per heavy atom. The van der Waals surface area contributed by atoms with Gasteiger partial charge in [0.1, 0.15) is 0 Å². The Hall–Kier alpha value is -3.54. The molecular weight excluding hydrogens is 370 g/mol. The molecule has 1 aliphatic heterocycles. The second kappa shape index (κ2) is 8.22. The summed E-state index contributed by atoms with van der Waals surface area (Å²) >= 11 is 0. The van der Waals surface area contributed by atoms with E-state index in [0.717, 1.165) is 16.3 Å². The molecule has 1 heterocycles. The zero-order valence-corrected chi connectivity index (χ0v) is 16.1. The van der Waals surface area contributed by atoms with Gasteiger partial charge in [0.25, 0.3) is 5.91 Å². The summed E-state index contributed by atoms with van der Waals surface area (Å²) in [6, 6.07) is 18.7. The molecule has 3 aromatic carbocycles. The molecule has 1 amide bonds. The molecule has 6 heteroatoms. The molecule has 3 aromatic rings. The highest BCUT2D eigenvalue weighted by Gasteiger charge is 2.18. The minimum Gasteiger partial charge on any atom is -0.454 e. The van der Waals surface area contributed by atoms with Crippen LogP contribution in [0.5, 0.6) is 11.5 Å². The normalized spacial score (nSPS) is 12.0. The Balaban J connectivity index is 1.37. The summed E-state index contributed by atoms with van der Waals surface area (Å²) in [5.74, 6) is 0.615. The minimum absolute atomic E-state index is 0.208. The van der Waals surface area contributed by atoms with Gasteiger partial charge in [0, 0.05) is 13.1 Å². The number of carbonyl (C=O) groups is 2. The Labute approximate surface area is 168 Å². The fraction of sp³-hybridized carbons (Fsp3) is 0.217. The van der Waals surface area contributed by atoms with E-state index < -0.39 is 5.97 Å². The third-order valence-electron chi connectivity index (χ3n) is 4.86. The molecule has 0 saturated heterocycles. The molecule has 0 bridgehead atoms. The Bertz CT molecular complexity index is 1060. The lowest BCUT2D eigenvalue weighted by Gasteiger charge is -2.21. The van der Waals surface area contributed by atoms with Gasteiger partial charge >= 0.3 is 5.97 Å². The molecule has 148 valence electrons. The SMILES string of the molecule is CCN(Cc1ccc2c(c1)OCO2)C(=O)COC(=O)c1ccc2ccccc2c1. The summed E-state index contributed by atoms with van der Waals surface area (Å²) in [5.41, 5.74) is 1.35. The van der Waals surface area contributed by atoms with Gasteiger partial charge in [0.2, 0.25) is 6.79 Å². The number of benzene rings is 3. The zero-order chi connectivity index (χ0) is 20.2. The van der Waals surface area contributed by atoms with Gasteiger partial charge in [0.05, 0.1) is 5.56 Å². The van der Waals surface area contributed by atoms with Crippen molar-refractivity contribution >= 4 is 22.6 Å². The van der Waals surface area contributed by atoms with Crippen molar-refractivity contribution in [3.63, 3.8) is 0 Å². The number of fused-ring (bicyclic) bond motifs is 2. The third-order valence-corrected chi connectivity index (χ3v) is 4.86. The Kier molecular flexibility index (Phi) is 5.33. The van der Waals surface area contributed by atoms with Gasteiger partial charge in [-0.1, -0.05) is 36.4 Å². The predicted octanol–water partition coefficient (Wildman–Crippen LogP) is 3.77. The topological polar surface area (TPSA) is 65.1 Å². The summed E-state index contributed by atoms with van der Waals surface area (Å²) in [7, 11) is 0. The maximum Gasteiger partial charge on any atom is 0.338 e. The van der Waals surface area contributed by atoms with Crippen LogP contribution in [0.2, 0.25) is 0 Å². The summed E-state index contributed by atoms with van der Waals surface area (Å²) in [5, 5.41) is 1.99. The Morgan fingerprint density at radius 2 is 1.76 bits per heavy atom. The third kappa shape index (κ3) is 4.16. The van der Waals surface area contributed by atoms with E-state index in [1.165, 1.54) is 0 Å². The first-order valence-corrected chi connectivity index (χ1v) is 9.46. The van der Waals surface area contributed by atoms with Crippen molar-refractivity contribution in [2.45, 2.75) is 13.5 Å². The van der Waals surface area contributed by atoms with Gasteiger partial charge in [-0.3, -0.25) is 4.79 Å². The van der Waals surface area contributed by atoms with Crippen molar-refractivity contribution in [1.29, 1.82) is 0 Å². The number of carbonyl (C=O) groups excluding carboxylic acids is 2. The predicted molar refractivity (Wildman–Crippen MR) is 108 cm³/mol. The monoisotopic (exact) mass is 391 g/mol. The number of hydrogen-bond donors (Lipinski definition) is 0. The van der Waals surface area contributed by atoms with Crippen LogP contribution in [0.1, 0.15) is 22.8 Å². The molecule has 0 aromatic heterocycles. The maximum absolute atomic E-state index is 12.6. The van der Waals surface area contributed by atoms with Crippen LogP contribution in [-0.2, 0) is 16.1 Å².